The van der Waals surface area contributed by atoms with Crippen molar-refractivity contribution in [3.63, 3.8) is 0 Å². The van der Waals surface area contributed by atoms with Gasteiger partial charge >= 0.3 is 5.97 Å². The summed E-state index contributed by atoms with van der Waals surface area (Å²) in [6.45, 7) is -0.0101. The van der Waals surface area contributed by atoms with Gasteiger partial charge in [0.2, 0.25) is 5.56 Å². The Balaban J connectivity index is 0.00000264. The number of hydrogen-bond donors (Lipinski definition) is 2. The van der Waals surface area contributed by atoms with Gasteiger partial charge in [0.15, 0.2) is 0 Å². The zero-order valence-corrected chi connectivity index (χ0v) is 14.1. The number of nitrogens with one attached hydrogen (secondary N) is 1. The fourth-order valence-electron chi connectivity index (χ4n) is 1.81. The number of nitrogens with zero attached hydrogens (tertiary/aromatic N) is 1. The second-order valence-corrected chi connectivity index (χ2v) is 5.37. The number of rotatable bonds is 5. The maximum Gasteiger partial charge on any atom is 0.323 e. The standard InChI is InChI=1S/C14H13Cl2N3O3.ClH/c15-11-4-9(5-12(16)19-11)7-22-14(21)10(17)3-8-1-2-18-13(20)6-8;/h1-2,4-6,10H,3,7,17H2,(H,18,20);1H/t10-;/m0./s1. The van der Waals surface area contributed by atoms with Gasteiger partial charge in [-0.2, -0.15) is 0 Å². The molecule has 23 heavy (non-hydrogen) atoms. The van der Waals surface area contributed by atoms with Crippen molar-refractivity contribution < 1.29 is 9.53 Å². The van der Waals surface area contributed by atoms with E-state index < -0.39 is 12.0 Å². The summed E-state index contributed by atoms with van der Waals surface area (Å²) in [7, 11) is 0. The maximum absolute atomic E-state index is 11.9. The van der Waals surface area contributed by atoms with Crippen LogP contribution in [0.1, 0.15) is 11.1 Å². The lowest BCUT2D eigenvalue weighted by molar-refractivity contribution is -0.146. The monoisotopic (exact) mass is 377 g/mol. The van der Waals surface area contributed by atoms with E-state index in [4.69, 9.17) is 33.7 Å². The number of aromatic amines is 1. The number of ether oxygens (including phenoxy) is 1. The molecule has 0 aliphatic rings. The summed E-state index contributed by atoms with van der Waals surface area (Å²) in [5.74, 6) is -0.579. The Morgan fingerprint density at radius 1 is 1.26 bits per heavy atom. The molecule has 2 aromatic heterocycles. The first-order valence-electron chi connectivity index (χ1n) is 6.36. The van der Waals surface area contributed by atoms with E-state index in [9.17, 15) is 9.59 Å². The van der Waals surface area contributed by atoms with E-state index >= 15 is 0 Å². The number of H-pyrrole nitrogens is 1. The molecule has 9 heteroatoms. The van der Waals surface area contributed by atoms with Gasteiger partial charge in [-0.1, -0.05) is 23.2 Å². The van der Waals surface area contributed by atoms with Crippen molar-refractivity contribution in [3.8, 4) is 0 Å². The van der Waals surface area contributed by atoms with Crippen LogP contribution in [-0.4, -0.2) is 22.0 Å². The highest BCUT2D eigenvalue weighted by atomic mass is 35.5. The number of carbonyl (C=O) groups excluding carboxylic acids is 1. The van der Waals surface area contributed by atoms with Gasteiger partial charge in [0, 0.05) is 12.3 Å². The molecule has 0 aliphatic carbocycles. The number of aromatic nitrogens is 2. The molecule has 0 amide bonds. The van der Waals surface area contributed by atoms with Gasteiger partial charge in [0.1, 0.15) is 23.0 Å². The topological polar surface area (TPSA) is 98.1 Å². The summed E-state index contributed by atoms with van der Waals surface area (Å²) < 4.78 is 5.11. The van der Waals surface area contributed by atoms with Crippen molar-refractivity contribution in [1.29, 1.82) is 0 Å². The molecule has 0 unspecified atom stereocenters. The highest BCUT2D eigenvalue weighted by Crippen LogP contribution is 2.15. The fraction of sp³-hybridized carbons (Fsp3) is 0.214. The molecule has 0 aliphatic heterocycles. The molecule has 0 bridgehead atoms. The molecular weight excluding hydrogens is 365 g/mol. The maximum atomic E-state index is 11.9. The molecule has 0 saturated carbocycles. The third kappa shape index (κ3) is 6.19. The molecule has 2 aromatic rings. The van der Waals surface area contributed by atoms with Crippen LogP contribution in [0.25, 0.3) is 0 Å². The first kappa shape index (κ1) is 19.4. The summed E-state index contributed by atoms with van der Waals surface area (Å²) >= 11 is 11.5. The van der Waals surface area contributed by atoms with Crippen LogP contribution in [-0.2, 0) is 22.6 Å². The Bertz CT molecular complexity index is 716. The molecule has 1 atom stereocenters. The summed E-state index contributed by atoms with van der Waals surface area (Å²) in [6.07, 6.45) is 1.71. The van der Waals surface area contributed by atoms with Crippen molar-refractivity contribution >= 4 is 41.6 Å². The van der Waals surface area contributed by atoms with Crippen LogP contribution in [0.4, 0.5) is 0 Å². The number of nitrogens with two attached hydrogens (primary N) is 1. The van der Waals surface area contributed by atoms with Crippen LogP contribution < -0.4 is 11.3 Å². The van der Waals surface area contributed by atoms with Crippen LogP contribution in [0.5, 0.6) is 0 Å². The molecule has 0 radical (unpaired) electrons. The zero-order valence-electron chi connectivity index (χ0n) is 11.8. The quantitative estimate of drug-likeness (QED) is 0.613. The highest BCUT2D eigenvalue weighted by molar-refractivity contribution is 6.32. The lowest BCUT2D eigenvalue weighted by atomic mass is 10.1. The molecule has 0 fully saturated rings. The van der Waals surface area contributed by atoms with Crippen molar-refractivity contribution in [2.45, 2.75) is 19.1 Å². The van der Waals surface area contributed by atoms with Crippen molar-refractivity contribution in [3.05, 3.63) is 62.2 Å². The Morgan fingerprint density at radius 3 is 2.52 bits per heavy atom. The highest BCUT2D eigenvalue weighted by Gasteiger charge is 2.16. The van der Waals surface area contributed by atoms with Crippen LogP contribution in [0.15, 0.2) is 35.3 Å². The van der Waals surface area contributed by atoms with E-state index in [1.54, 1.807) is 18.2 Å². The van der Waals surface area contributed by atoms with E-state index in [0.29, 0.717) is 11.1 Å². The van der Waals surface area contributed by atoms with E-state index in [-0.39, 0.29) is 41.3 Å². The number of halogens is 3. The van der Waals surface area contributed by atoms with Crippen LogP contribution in [0.3, 0.4) is 0 Å². The van der Waals surface area contributed by atoms with Crippen LogP contribution >= 0.6 is 35.6 Å². The third-order valence-electron chi connectivity index (χ3n) is 2.80. The largest absolute Gasteiger partial charge is 0.460 e. The van der Waals surface area contributed by atoms with E-state index in [1.807, 2.05) is 0 Å². The number of esters is 1. The van der Waals surface area contributed by atoms with Gasteiger partial charge in [0.05, 0.1) is 0 Å². The smallest absolute Gasteiger partial charge is 0.323 e. The Morgan fingerprint density at radius 2 is 1.91 bits per heavy atom. The summed E-state index contributed by atoms with van der Waals surface area (Å²) in [5.41, 5.74) is 6.79. The number of pyridine rings is 2. The van der Waals surface area contributed by atoms with Gasteiger partial charge in [-0.25, -0.2) is 4.98 Å². The van der Waals surface area contributed by atoms with Crippen molar-refractivity contribution in [2.24, 2.45) is 5.73 Å². The Labute approximate surface area is 148 Å². The van der Waals surface area contributed by atoms with Crippen molar-refractivity contribution in [2.75, 3.05) is 0 Å². The van der Waals surface area contributed by atoms with E-state index in [2.05, 4.69) is 9.97 Å². The SMILES string of the molecule is Cl.N[C@@H](Cc1cc[nH]c(=O)c1)C(=O)OCc1cc(Cl)nc(Cl)c1. The molecule has 0 aromatic carbocycles. The second-order valence-electron chi connectivity index (χ2n) is 4.60. The second kappa shape index (κ2) is 8.88. The number of carbonyl (C=O) groups is 1. The van der Waals surface area contributed by atoms with Crippen LogP contribution in [0, 0.1) is 0 Å². The average molecular weight is 379 g/mol. The van der Waals surface area contributed by atoms with Gasteiger partial charge in [-0.15, -0.1) is 12.4 Å². The molecule has 2 heterocycles. The molecule has 6 nitrogen and oxygen atoms in total. The molecule has 0 saturated heterocycles. The predicted octanol–water partition coefficient (Wildman–Crippen LogP) is 2.11. The minimum absolute atomic E-state index is 0. The molecule has 0 spiro atoms. The van der Waals surface area contributed by atoms with Crippen LogP contribution in [0.2, 0.25) is 10.3 Å². The third-order valence-corrected chi connectivity index (χ3v) is 3.19. The predicted molar refractivity (Wildman–Crippen MR) is 90.0 cm³/mol. The molecular formula is C14H14Cl3N3O3. The Hall–Kier alpha value is -1.60. The van der Waals surface area contributed by atoms with Gasteiger partial charge in [0.25, 0.3) is 0 Å². The number of hydrogen-bond acceptors (Lipinski definition) is 5. The average Bonchev–Trinajstić information content (AvgIpc) is 2.43. The summed E-state index contributed by atoms with van der Waals surface area (Å²) in [4.78, 5) is 29.3. The van der Waals surface area contributed by atoms with E-state index in [1.165, 1.54) is 12.3 Å². The summed E-state index contributed by atoms with van der Waals surface area (Å²) in [5, 5.41) is 0.428. The minimum Gasteiger partial charge on any atom is -0.460 e. The Kier molecular flexibility index (Phi) is 7.51. The molecule has 124 valence electrons. The minimum atomic E-state index is -0.866. The zero-order chi connectivity index (χ0) is 16.1. The first-order chi connectivity index (χ1) is 10.4. The van der Waals surface area contributed by atoms with E-state index in [0.717, 1.165) is 0 Å². The van der Waals surface area contributed by atoms with Gasteiger partial charge in [-0.3, -0.25) is 9.59 Å². The van der Waals surface area contributed by atoms with Crippen molar-refractivity contribution in [1.82, 2.24) is 9.97 Å². The molecule has 3 N–H and O–H groups in total. The van der Waals surface area contributed by atoms with Gasteiger partial charge in [-0.05, 0) is 35.7 Å². The lowest BCUT2D eigenvalue weighted by Crippen LogP contribution is -2.34. The first-order valence-corrected chi connectivity index (χ1v) is 7.11. The normalized spacial score (nSPS) is 11.4. The molecule has 2 rings (SSSR count). The summed E-state index contributed by atoms with van der Waals surface area (Å²) in [6, 6.07) is 5.29. The fourth-order valence-corrected chi connectivity index (χ4v) is 2.32. The van der Waals surface area contributed by atoms with Gasteiger partial charge < -0.3 is 15.5 Å². The lowest BCUT2D eigenvalue weighted by Gasteiger charge is -2.11.